The van der Waals surface area contributed by atoms with Crippen molar-refractivity contribution in [2.45, 2.75) is 20.8 Å². The van der Waals surface area contributed by atoms with Crippen molar-refractivity contribution in [2.75, 3.05) is 32.1 Å². The van der Waals surface area contributed by atoms with E-state index in [2.05, 4.69) is 4.72 Å². The summed E-state index contributed by atoms with van der Waals surface area (Å²) < 4.78 is 30.3. The average Bonchev–Trinajstić information content (AvgIpc) is 1.99. The molecule has 0 rings (SSSR count). The maximum absolute atomic E-state index is 11.5. The molecule has 0 saturated carbocycles. The third-order valence-electron chi connectivity index (χ3n) is 1.43. The number of hydrogen-bond donors (Lipinski definition) is 2. The minimum Gasteiger partial charge on any atom is -0.394 e. The van der Waals surface area contributed by atoms with Gasteiger partial charge < -0.3 is 9.84 Å². The third kappa shape index (κ3) is 10.1. The number of aliphatic hydroxyl groups excluding tert-OH is 1. The molecule has 0 aliphatic carbocycles. The number of nitrogens with one attached hydrogen (secondary N) is 1. The molecule has 2 N–H and O–H groups in total. The Labute approximate surface area is 91.9 Å². The fourth-order valence-corrected chi connectivity index (χ4v) is 2.69. The van der Waals surface area contributed by atoms with E-state index in [1.54, 1.807) is 0 Å². The van der Waals surface area contributed by atoms with E-state index in [9.17, 15) is 8.42 Å². The predicted octanol–water partition coefficient (Wildman–Crippen LogP) is -0.0392. The summed E-state index contributed by atoms with van der Waals surface area (Å²) in [5.41, 5.74) is -0.252. The lowest BCUT2D eigenvalue weighted by Gasteiger charge is -2.18. The van der Waals surface area contributed by atoms with E-state index >= 15 is 0 Å². The van der Waals surface area contributed by atoms with Gasteiger partial charge in [0.05, 0.1) is 25.6 Å². The molecule has 0 aromatic rings. The van der Waals surface area contributed by atoms with Gasteiger partial charge in [0.2, 0.25) is 10.0 Å². The first-order valence-electron chi connectivity index (χ1n) is 4.93. The van der Waals surface area contributed by atoms with Gasteiger partial charge in [0, 0.05) is 6.54 Å². The van der Waals surface area contributed by atoms with Crippen molar-refractivity contribution in [2.24, 2.45) is 5.41 Å². The first-order valence-corrected chi connectivity index (χ1v) is 6.58. The fraction of sp³-hybridized carbons (Fsp3) is 1.00. The Hall–Kier alpha value is -0.170. The van der Waals surface area contributed by atoms with Gasteiger partial charge in [-0.25, -0.2) is 13.1 Å². The molecule has 0 aromatic heterocycles. The van der Waals surface area contributed by atoms with E-state index in [0.717, 1.165) is 0 Å². The van der Waals surface area contributed by atoms with E-state index < -0.39 is 10.0 Å². The van der Waals surface area contributed by atoms with Crippen LogP contribution in [-0.4, -0.2) is 45.6 Å². The second kappa shape index (κ2) is 6.42. The number of rotatable bonds is 7. The molecule has 0 unspecified atom stereocenters. The molecule has 0 heterocycles. The fourth-order valence-electron chi connectivity index (χ4n) is 1.06. The van der Waals surface area contributed by atoms with Crippen molar-refractivity contribution in [3.05, 3.63) is 0 Å². The molecule has 0 bridgehead atoms. The molecule has 0 spiro atoms. The van der Waals surface area contributed by atoms with Crippen molar-refractivity contribution in [1.29, 1.82) is 0 Å². The molecule has 5 nitrogen and oxygen atoms in total. The van der Waals surface area contributed by atoms with Crippen molar-refractivity contribution >= 4 is 10.0 Å². The van der Waals surface area contributed by atoms with E-state index in [-0.39, 0.29) is 37.5 Å². The lowest BCUT2D eigenvalue weighted by atomic mass is 10.0. The van der Waals surface area contributed by atoms with Crippen molar-refractivity contribution in [3.8, 4) is 0 Å². The van der Waals surface area contributed by atoms with Gasteiger partial charge in [-0.3, -0.25) is 0 Å². The summed E-state index contributed by atoms with van der Waals surface area (Å²) in [5.74, 6) is 0.0972. The van der Waals surface area contributed by atoms with Crippen LogP contribution < -0.4 is 4.72 Å². The Morgan fingerprint density at radius 1 is 1.27 bits per heavy atom. The third-order valence-corrected chi connectivity index (χ3v) is 3.32. The molecular formula is C9H21NO4S. The lowest BCUT2D eigenvalue weighted by molar-refractivity contribution is 0.0961. The van der Waals surface area contributed by atoms with Crippen LogP contribution in [0.3, 0.4) is 0 Å². The monoisotopic (exact) mass is 239 g/mol. The summed E-state index contributed by atoms with van der Waals surface area (Å²) in [5, 5.41) is 8.41. The molecule has 0 aliphatic rings. The highest BCUT2D eigenvalue weighted by Crippen LogP contribution is 2.14. The maximum atomic E-state index is 11.5. The van der Waals surface area contributed by atoms with Crippen LogP contribution in [0.15, 0.2) is 0 Å². The van der Waals surface area contributed by atoms with Crippen LogP contribution in [0.4, 0.5) is 0 Å². The Morgan fingerprint density at radius 2 is 1.87 bits per heavy atom. The molecule has 15 heavy (non-hydrogen) atoms. The Morgan fingerprint density at radius 3 is 2.33 bits per heavy atom. The van der Waals surface area contributed by atoms with Crippen molar-refractivity contribution in [1.82, 2.24) is 4.72 Å². The lowest BCUT2D eigenvalue weighted by Crippen LogP contribution is -2.34. The van der Waals surface area contributed by atoms with E-state index in [0.29, 0.717) is 0 Å². The molecule has 0 saturated heterocycles. The van der Waals surface area contributed by atoms with Gasteiger partial charge in [-0.2, -0.15) is 0 Å². The topological polar surface area (TPSA) is 75.6 Å². The predicted molar refractivity (Wildman–Crippen MR) is 59.1 cm³/mol. The van der Waals surface area contributed by atoms with Gasteiger partial charge in [0.1, 0.15) is 0 Å². The van der Waals surface area contributed by atoms with Crippen LogP contribution >= 0.6 is 0 Å². The normalized spacial score (nSPS) is 13.1. The smallest absolute Gasteiger partial charge is 0.212 e. The number of sulfonamides is 1. The highest BCUT2D eigenvalue weighted by Gasteiger charge is 2.20. The summed E-state index contributed by atoms with van der Waals surface area (Å²) in [6, 6.07) is 0. The molecule has 6 heteroatoms. The summed E-state index contributed by atoms with van der Waals surface area (Å²) in [7, 11) is -3.22. The zero-order valence-corrected chi connectivity index (χ0v) is 10.4. The van der Waals surface area contributed by atoms with Crippen molar-refractivity contribution < 1.29 is 18.3 Å². The minimum atomic E-state index is -3.22. The molecule has 0 aromatic carbocycles. The van der Waals surface area contributed by atoms with E-state index in [1.807, 2.05) is 20.8 Å². The molecule has 0 atom stereocenters. The zero-order chi connectivity index (χ0) is 11.9. The highest BCUT2D eigenvalue weighted by molar-refractivity contribution is 7.89. The molecule has 0 aliphatic heterocycles. The van der Waals surface area contributed by atoms with Crippen LogP contribution in [-0.2, 0) is 14.8 Å². The van der Waals surface area contributed by atoms with Gasteiger partial charge in [-0.1, -0.05) is 20.8 Å². The summed E-state index contributed by atoms with van der Waals surface area (Å²) in [6.07, 6.45) is 0. The molecular weight excluding hydrogens is 218 g/mol. The number of ether oxygens (including phenoxy) is 1. The highest BCUT2D eigenvalue weighted by atomic mass is 32.2. The second-order valence-corrected chi connectivity index (χ2v) is 6.36. The standard InChI is InChI=1S/C9H21NO4S/c1-9(2,3)8-15(12,13)10-4-6-14-7-5-11/h10-11H,4-8H2,1-3H3. The Bertz CT molecular complexity index is 256. The maximum Gasteiger partial charge on any atom is 0.212 e. The summed E-state index contributed by atoms with van der Waals surface area (Å²) in [6.45, 7) is 6.33. The SMILES string of the molecule is CC(C)(C)CS(=O)(=O)NCCOCCO. The first-order chi connectivity index (χ1) is 6.77. The Balaban J connectivity index is 3.76. The van der Waals surface area contributed by atoms with Crippen LogP contribution in [0, 0.1) is 5.41 Å². The van der Waals surface area contributed by atoms with Crippen LogP contribution in [0.5, 0.6) is 0 Å². The molecule has 0 radical (unpaired) electrons. The largest absolute Gasteiger partial charge is 0.394 e. The van der Waals surface area contributed by atoms with Gasteiger partial charge in [0.25, 0.3) is 0 Å². The number of aliphatic hydroxyl groups is 1. The van der Waals surface area contributed by atoms with Crippen LogP contribution in [0.2, 0.25) is 0 Å². The molecule has 0 amide bonds. The average molecular weight is 239 g/mol. The Kier molecular flexibility index (Phi) is 6.35. The van der Waals surface area contributed by atoms with Gasteiger partial charge in [0.15, 0.2) is 0 Å². The van der Waals surface area contributed by atoms with Gasteiger partial charge >= 0.3 is 0 Å². The number of hydrogen-bond acceptors (Lipinski definition) is 4. The quantitative estimate of drug-likeness (QED) is 0.611. The first kappa shape index (κ1) is 14.8. The van der Waals surface area contributed by atoms with E-state index in [1.165, 1.54) is 0 Å². The van der Waals surface area contributed by atoms with Crippen molar-refractivity contribution in [3.63, 3.8) is 0 Å². The minimum absolute atomic E-state index is 0.0469. The molecule has 92 valence electrons. The summed E-state index contributed by atoms with van der Waals surface area (Å²) >= 11 is 0. The van der Waals surface area contributed by atoms with Gasteiger partial charge in [-0.15, -0.1) is 0 Å². The second-order valence-electron chi connectivity index (χ2n) is 4.55. The molecule has 0 fully saturated rings. The van der Waals surface area contributed by atoms with Crippen LogP contribution in [0.25, 0.3) is 0 Å². The van der Waals surface area contributed by atoms with E-state index in [4.69, 9.17) is 9.84 Å². The van der Waals surface area contributed by atoms with Gasteiger partial charge in [-0.05, 0) is 5.41 Å². The zero-order valence-electron chi connectivity index (χ0n) is 9.62. The van der Waals surface area contributed by atoms with Crippen LogP contribution in [0.1, 0.15) is 20.8 Å². The summed E-state index contributed by atoms with van der Waals surface area (Å²) in [4.78, 5) is 0.